The number of hydrogen-bond acceptors (Lipinski definition) is 2. The van der Waals surface area contributed by atoms with E-state index in [0.29, 0.717) is 6.04 Å². The lowest BCUT2D eigenvalue weighted by Gasteiger charge is -2.13. The van der Waals surface area contributed by atoms with Gasteiger partial charge in [0.25, 0.3) is 0 Å². The summed E-state index contributed by atoms with van der Waals surface area (Å²) in [5.74, 6) is 0.947. The van der Waals surface area contributed by atoms with E-state index in [9.17, 15) is 0 Å². The molecule has 3 heteroatoms. The molecule has 0 amide bonds. The Morgan fingerprint density at radius 3 is 2.70 bits per heavy atom. The number of fused-ring (bicyclic) bond motifs is 1. The second kappa shape index (κ2) is 6.80. The van der Waals surface area contributed by atoms with Gasteiger partial charge in [0.2, 0.25) is 0 Å². The van der Waals surface area contributed by atoms with Crippen molar-refractivity contribution in [3.8, 4) is 5.75 Å². The first-order chi connectivity index (χ1) is 9.60. The van der Waals surface area contributed by atoms with Crippen molar-refractivity contribution in [3.63, 3.8) is 0 Å². The van der Waals surface area contributed by atoms with Crippen LogP contribution in [-0.4, -0.2) is 23.3 Å². The molecule has 2 aromatic rings. The SMILES string of the molecule is CCC(C)NCCn1ccc2cc(OC(C)C)ccc21. The van der Waals surface area contributed by atoms with Crippen molar-refractivity contribution in [1.29, 1.82) is 0 Å². The first-order valence-electron chi connectivity index (χ1n) is 7.59. The Balaban J connectivity index is 2.04. The molecule has 3 nitrogen and oxygen atoms in total. The predicted octanol–water partition coefficient (Wildman–Crippen LogP) is 3.82. The van der Waals surface area contributed by atoms with Crippen molar-refractivity contribution in [1.82, 2.24) is 9.88 Å². The summed E-state index contributed by atoms with van der Waals surface area (Å²) in [6.45, 7) is 10.5. The van der Waals surface area contributed by atoms with Crippen LogP contribution in [0.4, 0.5) is 0 Å². The Morgan fingerprint density at radius 1 is 1.20 bits per heavy atom. The van der Waals surface area contributed by atoms with Gasteiger partial charge in [0.05, 0.1) is 6.10 Å². The molecule has 2 rings (SSSR count). The highest BCUT2D eigenvalue weighted by molar-refractivity contribution is 5.81. The maximum absolute atomic E-state index is 5.74. The minimum Gasteiger partial charge on any atom is -0.491 e. The minimum atomic E-state index is 0.217. The van der Waals surface area contributed by atoms with Gasteiger partial charge in [-0.15, -0.1) is 0 Å². The quantitative estimate of drug-likeness (QED) is 0.830. The van der Waals surface area contributed by atoms with Crippen LogP contribution in [0.3, 0.4) is 0 Å². The Morgan fingerprint density at radius 2 is 2.00 bits per heavy atom. The molecule has 1 atom stereocenters. The van der Waals surface area contributed by atoms with E-state index in [0.717, 1.165) is 18.8 Å². The Labute approximate surface area is 121 Å². The summed E-state index contributed by atoms with van der Waals surface area (Å²) in [6.07, 6.45) is 3.54. The van der Waals surface area contributed by atoms with E-state index in [1.54, 1.807) is 0 Å². The largest absolute Gasteiger partial charge is 0.491 e. The van der Waals surface area contributed by atoms with Crippen LogP contribution in [0.15, 0.2) is 30.5 Å². The maximum atomic E-state index is 5.74. The highest BCUT2D eigenvalue weighted by Crippen LogP contribution is 2.22. The fourth-order valence-corrected chi connectivity index (χ4v) is 2.29. The molecule has 1 aromatic carbocycles. The average Bonchev–Trinajstić information content (AvgIpc) is 2.80. The van der Waals surface area contributed by atoms with Crippen LogP contribution in [0.1, 0.15) is 34.1 Å². The number of hydrogen-bond donors (Lipinski definition) is 1. The third kappa shape index (κ3) is 3.76. The average molecular weight is 274 g/mol. The maximum Gasteiger partial charge on any atom is 0.120 e. The summed E-state index contributed by atoms with van der Waals surface area (Å²) in [5.41, 5.74) is 1.27. The molecule has 0 aliphatic heterocycles. The molecular formula is C17H26N2O. The molecule has 0 fully saturated rings. The van der Waals surface area contributed by atoms with E-state index in [2.05, 4.69) is 68.0 Å². The lowest BCUT2D eigenvalue weighted by Crippen LogP contribution is -2.28. The fraction of sp³-hybridized carbons (Fsp3) is 0.529. The number of benzene rings is 1. The normalized spacial score (nSPS) is 13.1. The molecule has 0 bridgehead atoms. The van der Waals surface area contributed by atoms with Crippen LogP contribution in [0, 0.1) is 0 Å². The number of nitrogens with one attached hydrogen (secondary N) is 1. The molecule has 0 saturated heterocycles. The first-order valence-corrected chi connectivity index (χ1v) is 7.59. The van der Waals surface area contributed by atoms with Crippen LogP contribution in [0.25, 0.3) is 10.9 Å². The van der Waals surface area contributed by atoms with Crippen molar-refractivity contribution in [3.05, 3.63) is 30.5 Å². The topological polar surface area (TPSA) is 26.2 Å². The predicted molar refractivity (Wildman–Crippen MR) is 85.5 cm³/mol. The van der Waals surface area contributed by atoms with Crippen molar-refractivity contribution < 1.29 is 4.74 Å². The van der Waals surface area contributed by atoms with Crippen LogP contribution >= 0.6 is 0 Å². The van der Waals surface area contributed by atoms with Crippen molar-refractivity contribution in [2.24, 2.45) is 0 Å². The second-order valence-electron chi connectivity index (χ2n) is 5.66. The number of aromatic nitrogens is 1. The summed E-state index contributed by atoms with van der Waals surface area (Å²) in [5, 5.41) is 4.77. The van der Waals surface area contributed by atoms with Crippen LogP contribution in [0.2, 0.25) is 0 Å². The molecule has 1 aromatic heterocycles. The van der Waals surface area contributed by atoms with Gasteiger partial charge in [0.1, 0.15) is 5.75 Å². The van der Waals surface area contributed by atoms with Gasteiger partial charge in [-0.05, 0) is 51.5 Å². The zero-order valence-electron chi connectivity index (χ0n) is 13.0. The molecule has 1 N–H and O–H groups in total. The van der Waals surface area contributed by atoms with E-state index < -0.39 is 0 Å². The molecule has 0 spiro atoms. The van der Waals surface area contributed by atoms with E-state index in [1.807, 2.05) is 0 Å². The number of ether oxygens (including phenoxy) is 1. The summed E-state index contributed by atoms with van der Waals surface area (Å²) >= 11 is 0. The molecule has 0 saturated carbocycles. The van der Waals surface area contributed by atoms with Gasteiger partial charge in [-0.3, -0.25) is 0 Å². The second-order valence-corrected chi connectivity index (χ2v) is 5.66. The first kappa shape index (κ1) is 14.9. The van der Waals surface area contributed by atoms with Crippen molar-refractivity contribution in [2.45, 2.75) is 52.8 Å². The third-order valence-corrected chi connectivity index (χ3v) is 3.57. The smallest absolute Gasteiger partial charge is 0.120 e. The van der Waals surface area contributed by atoms with E-state index >= 15 is 0 Å². The lowest BCUT2D eigenvalue weighted by atomic mass is 10.2. The monoisotopic (exact) mass is 274 g/mol. The zero-order valence-corrected chi connectivity index (χ0v) is 13.0. The van der Waals surface area contributed by atoms with Crippen LogP contribution in [0.5, 0.6) is 5.75 Å². The highest BCUT2D eigenvalue weighted by atomic mass is 16.5. The van der Waals surface area contributed by atoms with Crippen LogP contribution in [-0.2, 0) is 6.54 Å². The summed E-state index contributed by atoms with van der Waals surface area (Å²) in [6, 6.07) is 9.07. The molecule has 0 aliphatic rings. The molecule has 110 valence electrons. The molecule has 0 radical (unpaired) electrons. The number of rotatable bonds is 7. The zero-order chi connectivity index (χ0) is 14.5. The summed E-state index contributed by atoms with van der Waals surface area (Å²) in [4.78, 5) is 0. The van der Waals surface area contributed by atoms with Crippen LogP contribution < -0.4 is 10.1 Å². The van der Waals surface area contributed by atoms with Gasteiger partial charge >= 0.3 is 0 Å². The highest BCUT2D eigenvalue weighted by Gasteiger charge is 2.04. The van der Waals surface area contributed by atoms with Gasteiger partial charge in [0.15, 0.2) is 0 Å². The van der Waals surface area contributed by atoms with Crippen molar-refractivity contribution >= 4 is 10.9 Å². The summed E-state index contributed by atoms with van der Waals surface area (Å²) in [7, 11) is 0. The van der Waals surface area contributed by atoms with Gasteiger partial charge in [-0.1, -0.05) is 6.92 Å². The summed E-state index contributed by atoms with van der Waals surface area (Å²) < 4.78 is 8.03. The molecule has 1 heterocycles. The molecule has 0 aliphatic carbocycles. The van der Waals surface area contributed by atoms with Crippen molar-refractivity contribution in [2.75, 3.05) is 6.54 Å². The van der Waals surface area contributed by atoms with E-state index in [-0.39, 0.29) is 6.10 Å². The Kier molecular flexibility index (Phi) is 5.07. The minimum absolute atomic E-state index is 0.217. The number of nitrogens with zero attached hydrogens (tertiary/aromatic N) is 1. The molecule has 20 heavy (non-hydrogen) atoms. The van der Waals surface area contributed by atoms with Gasteiger partial charge in [0, 0.05) is 36.2 Å². The molecule has 1 unspecified atom stereocenters. The Hall–Kier alpha value is -1.48. The standard InChI is InChI=1S/C17H26N2O/c1-5-14(4)18-9-11-19-10-8-15-12-16(20-13(2)3)6-7-17(15)19/h6-8,10,12-14,18H,5,9,11H2,1-4H3. The lowest BCUT2D eigenvalue weighted by molar-refractivity contribution is 0.243. The van der Waals surface area contributed by atoms with Gasteiger partial charge in [-0.25, -0.2) is 0 Å². The Bertz CT molecular complexity index is 545. The fourth-order valence-electron chi connectivity index (χ4n) is 2.29. The third-order valence-electron chi connectivity index (χ3n) is 3.57. The van der Waals surface area contributed by atoms with E-state index in [1.165, 1.54) is 17.3 Å². The van der Waals surface area contributed by atoms with Gasteiger partial charge in [-0.2, -0.15) is 0 Å². The van der Waals surface area contributed by atoms with E-state index in [4.69, 9.17) is 4.74 Å². The van der Waals surface area contributed by atoms with Gasteiger partial charge < -0.3 is 14.6 Å². The molecular weight excluding hydrogens is 248 g/mol.